The lowest BCUT2D eigenvalue weighted by atomic mass is 10.1. The maximum atomic E-state index is 5.29. The van der Waals surface area contributed by atoms with Gasteiger partial charge in [-0.2, -0.15) is 10.2 Å². The van der Waals surface area contributed by atoms with E-state index < -0.39 is 0 Å². The van der Waals surface area contributed by atoms with Crippen LogP contribution in [0.15, 0.2) is 10.2 Å². The molecule has 0 saturated carbocycles. The summed E-state index contributed by atoms with van der Waals surface area (Å²) in [5.41, 5.74) is 7.27. The first kappa shape index (κ1) is 24.9. The van der Waals surface area contributed by atoms with E-state index in [0.29, 0.717) is 10.2 Å². The highest BCUT2D eigenvalue weighted by Crippen LogP contribution is 2.07. The van der Waals surface area contributed by atoms with Crippen LogP contribution in [0.1, 0.15) is 52.4 Å². The number of hydrazone groups is 2. The molecule has 2 heterocycles. The lowest BCUT2D eigenvalue weighted by Gasteiger charge is -2.26. The highest BCUT2D eigenvalue weighted by atomic mass is 32.1. The largest absolute Gasteiger partial charge is 0.361 e. The van der Waals surface area contributed by atoms with E-state index in [2.05, 4.69) is 41.5 Å². The van der Waals surface area contributed by atoms with Crippen molar-refractivity contribution in [1.82, 2.24) is 31.3 Å². The van der Waals surface area contributed by atoms with Crippen molar-refractivity contribution in [2.45, 2.75) is 52.4 Å². The van der Waals surface area contributed by atoms with Gasteiger partial charge in [-0.3, -0.25) is 10.9 Å². The molecule has 2 fully saturated rings. The average molecular weight is 455 g/mol. The summed E-state index contributed by atoms with van der Waals surface area (Å²) in [6.07, 6.45) is 7.70. The number of rotatable bonds is 10. The second-order valence-electron chi connectivity index (χ2n) is 7.93. The number of hydrogen-bond donors (Lipinski definition) is 4. The zero-order valence-electron chi connectivity index (χ0n) is 18.5. The Bertz CT molecular complexity index is 596. The fraction of sp³-hybridized carbons (Fsp3) is 0.800. The van der Waals surface area contributed by atoms with E-state index in [1.54, 1.807) is 0 Å². The number of nitrogens with zero attached hydrogens (tertiary/aromatic N) is 4. The molecule has 8 nitrogen and oxygen atoms in total. The van der Waals surface area contributed by atoms with E-state index in [1.807, 2.05) is 13.8 Å². The zero-order valence-corrected chi connectivity index (χ0v) is 20.1. The van der Waals surface area contributed by atoms with Gasteiger partial charge < -0.3 is 20.4 Å². The highest BCUT2D eigenvalue weighted by molar-refractivity contribution is 7.80. The van der Waals surface area contributed by atoms with Crippen molar-refractivity contribution >= 4 is 46.1 Å². The molecule has 2 rings (SSSR count). The minimum Gasteiger partial charge on any atom is -0.361 e. The predicted octanol–water partition coefficient (Wildman–Crippen LogP) is 1.64. The van der Waals surface area contributed by atoms with Crippen molar-refractivity contribution in [3.63, 3.8) is 0 Å². The summed E-state index contributed by atoms with van der Waals surface area (Å²) in [6, 6.07) is 0. The molecule has 2 aliphatic rings. The van der Waals surface area contributed by atoms with Crippen molar-refractivity contribution in [2.24, 2.45) is 10.2 Å². The molecule has 0 amide bonds. The Hall–Kier alpha value is -1.36. The predicted molar refractivity (Wildman–Crippen MR) is 134 cm³/mol. The van der Waals surface area contributed by atoms with Gasteiger partial charge in [0.2, 0.25) is 0 Å². The first-order valence-electron chi connectivity index (χ1n) is 11.2. The number of nitrogens with one attached hydrogen (secondary N) is 4. The van der Waals surface area contributed by atoms with Gasteiger partial charge in [0.25, 0.3) is 0 Å². The maximum absolute atomic E-state index is 5.29. The maximum Gasteiger partial charge on any atom is 0.187 e. The van der Waals surface area contributed by atoms with Gasteiger partial charge in [-0.25, -0.2) is 0 Å². The first-order valence-corrected chi connectivity index (χ1v) is 12.0. The van der Waals surface area contributed by atoms with Crippen molar-refractivity contribution in [1.29, 1.82) is 0 Å². The molecule has 0 aromatic rings. The second-order valence-corrected chi connectivity index (χ2v) is 8.75. The molecule has 0 aromatic carbocycles. The van der Waals surface area contributed by atoms with E-state index in [1.165, 1.54) is 58.3 Å². The van der Waals surface area contributed by atoms with Crippen molar-refractivity contribution in [3.05, 3.63) is 0 Å². The standard InChI is InChI=1S/C20H38N8S2/c1-17(23-25-19(29)21-9-8-15-27-13-6-7-14-27)18(2)24-26-20(30)22-10-16-28-11-4-3-5-12-28/h3-16H2,1-2H3,(H2,21,25,29)(H2,22,26,30)/b23-17+,24-18+. The summed E-state index contributed by atoms with van der Waals surface area (Å²) < 4.78 is 0. The van der Waals surface area contributed by atoms with E-state index in [0.717, 1.165) is 44.0 Å². The summed E-state index contributed by atoms with van der Waals surface area (Å²) in [7, 11) is 0. The molecule has 0 unspecified atom stereocenters. The van der Waals surface area contributed by atoms with Gasteiger partial charge in [-0.05, 0) is 103 Å². The van der Waals surface area contributed by atoms with Gasteiger partial charge in [0.1, 0.15) is 0 Å². The molecule has 0 atom stereocenters. The Morgan fingerprint density at radius 1 is 0.700 bits per heavy atom. The lowest BCUT2D eigenvalue weighted by molar-refractivity contribution is 0.232. The molecule has 2 aliphatic heterocycles. The molecule has 0 aromatic heterocycles. The van der Waals surface area contributed by atoms with E-state index in [-0.39, 0.29) is 0 Å². The fourth-order valence-electron chi connectivity index (χ4n) is 3.53. The number of hydrogen-bond acceptors (Lipinski definition) is 6. The third-order valence-corrected chi connectivity index (χ3v) is 5.94. The number of likely N-dealkylation sites (tertiary alicyclic amines) is 2. The van der Waals surface area contributed by atoms with Crippen LogP contribution < -0.4 is 21.5 Å². The summed E-state index contributed by atoms with van der Waals surface area (Å²) in [5.74, 6) is 0. The SMILES string of the molecule is CC(=N\NC(=S)NCCCN1CCCC1)/C(C)=N/NC(=S)NCCN1CCCCC1. The molecule has 0 aliphatic carbocycles. The van der Waals surface area contributed by atoms with Crippen molar-refractivity contribution in [2.75, 3.05) is 52.4 Å². The smallest absolute Gasteiger partial charge is 0.187 e. The van der Waals surface area contributed by atoms with Crippen LogP contribution in [0.5, 0.6) is 0 Å². The molecule has 2 saturated heterocycles. The Morgan fingerprint density at radius 3 is 1.73 bits per heavy atom. The lowest BCUT2D eigenvalue weighted by Crippen LogP contribution is -2.40. The summed E-state index contributed by atoms with van der Waals surface area (Å²) in [5, 5.41) is 16.1. The van der Waals surface area contributed by atoms with E-state index in [9.17, 15) is 0 Å². The molecule has 0 spiro atoms. The monoisotopic (exact) mass is 454 g/mol. The quantitative estimate of drug-likeness (QED) is 0.172. The van der Waals surface area contributed by atoms with Gasteiger partial charge in [0, 0.05) is 19.6 Å². The third kappa shape index (κ3) is 10.6. The van der Waals surface area contributed by atoms with Crippen LogP contribution in [0.3, 0.4) is 0 Å². The Balaban J connectivity index is 1.56. The van der Waals surface area contributed by atoms with Gasteiger partial charge >= 0.3 is 0 Å². The topological polar surface area (TPSA) is 79.3 Å². The number of piperidine rings is 1. The van der Waals surface area contributed by atoms with Crippen LogP contribution in [-0.4, -0.2) is 83.8 Å². The fourth-order valence-corrected chi connectivity index (χ4v) is 3.83. The molecular weight excluding hydrogens is 416 g/mol. The highest BCUT2D eigenvalue weighted by Gasteiger charge is 2.10. The minimum atomic E-state index is 0.530. The first-order chi connectivity index (χ1) is 14.5. The van der Waals surface area contributed by atoms with E-state index in [4.69, 9.17) is 24.4 Å². The molecule has 4 N–H and O–H groups in total. The molecule has 10 heteroatoms. The van der Waals surface area contributed by atoms with Crippen molar-refractivity contribution in [3.8, 4) is 0 Å². The molecule has 0 radical (unpaired) electrons. The van der Waals surface area contributed by atoms with Crippen LogP contribution >= 0.6 is 24.4 Å². The number of thiocarbonyl (C=S) groups is 2. The van der Waals surface area contributed by atoms with Crippen LogP contribution in [0.4, 0.5) is 0 Å². The van der Waals surface area contributed by atoms with Gasteiger partial charge in [-0.1, -0.05) is 6.42 Å². The van der Waals surface area contributed by atoms with Gasteiger partial charge in [0.05, 0.1) is 11.4 Å². The molecule has 30 heavy (non-hydrogen) atoms. The Morgan fingerprint density at radius 2 is 1.17 bits per heavy atom. The van der Waals surface area contributed by atoms with Crippen LogP contribution in [-0.2, 0) is 0 Å². The molecule has 170 valence electrons. The van der Waals surface area contributed by atoms with Gasteiger partial charge in [-0.15, -0.1) is 0 Å². The third-order valence-electron chi connectivity index (χ3n) is 5.47. The summed E-state index contributed by atoms with van der Waals surface area (Å²) in [4.78, 5) is 4.97. The Kier molecular flexibility index (Phi) is 12.1. The zero-order chi connectivity index (χ0) is 21.6. The van der Waals surface area contributed by atoms with Crippen LogP contribution in [0.2, 0.25) is 0 Å². The second kappa shape index (κ2) is 14.6. The average Bonchev–Trinajstić information content (AvgIpc) is 3.27. The normalized spacial score (nSPS) is 18.9. The summed E-state index contributed by atoms with van der Waals surface area (Å²) >= 11 is 10.6. The molecule has 0 bridgehead atoms. The van der Waals surface area contributed by atoms with Crippen LogP contribution in [0.25, 0.3) is 0 Å². The van der Waals surface area contributed by atoms with Crippen molar-refractivity contribution < 1.29 is 0 Å². The Labute approximate surface area is 192 Å². The van der Waals surface area contributed by atoms with Gasteiger partial charge in [0.15, 0.2) is 10.2 Å². The minimum absolute atomic E-state index is 0.530. The van der Waals surface area contributed by atoms with E-state index >= 15 is 0 Å². The summed E-state index contributed by atoms with van der Waals surface area (Å²) in [6.45, 7) is 12.4. The van der Waals surface area contributed by atoms with Crippen LogP contribution in [0, 0.1) is 0 Å². The molecular formula is C20H38N8S2.